The lowest BCUT2D eigenvalue weighted by Gasteiger charge is -2.36. The minimum atomic E-state index is -5.14. The van der Waals surface area contributed by atoms with Crippen LogP contribution in [-0.2, 0) is 26.7 Å². The Morgan fingerprint density at radius 3 is 1.79 bits per heavy atom. The molecule has 0 bridgehead atoms. The second-order valence-corrected chi connectivity index (χ2v) is 12.1. The quantitative estimate of drug-likeness (QED) is 0.156. The highest BCUT2D eigenvalue weighted by atomic mass is 19.4. The maximum atomic E-state index is 13.9. The van der Waals surface area contributed by atoms with Gasteiger partial charge in [-0.1, -0.05) is 73.5 Å². The van der Waals surface area contributed by atoms with Gasteiger partial charge in [0.2, 0.25) is 5.91 Å². The monoisotopic (exact) mass is 676 g/mol. The van der Waals surface area contributed by atoms with Crippen molar-refractivity contribution in [2.75, 3.05) is 20.2 Å². The molecule has 0 spiro atoms. The van der Waals surface area contributed by atoms with Gasteiger partial charge in [-0.3, -0.25) is 14.4 Å². The van der Waals surface area contributed by atoms with E-state index in [-0.39, 0.29) is 38.0 Å². The van der Waals surface area contributed by atoms with E-state index in [1.165, 1.54) is 7.05 Å². The van der Waals surface area contributed by atoms with Crippen LogP contribution in [0.1, 0.15) is 84.0 Å². The Morgan fingerprint density at radius 1 is 0.833 bits per heavy atom. The fraction of sp³-hybridized carbons (Fsp3) is 0.417. The molecule has 0 saturated heterocycles. The molecule has 3 aromatic carbocycles. The van der Waals surface area contributed by atoms with Crippen molar-refractivity contribution < 1.29 is 45.5 Å². The van der Waals surface area contributed by atoms with Gasteiger partial charge in [-0.25, -0.2) is 0 Å². The summed E-state index contributed by atoms with van der Waals surface area (Å²) in [7, 11) is 1.31. The summed E-state index contributed by atoms with van der Waals surface area (Å²) in [5.41, 5.74) is -3.38. The van der Waals surface area contributed by atoms with Crippen molar-refractivity contribution in [1.82, 2.24) is 10.2 Å². The number of rotatable bonds is 12. The second-order valence-electron chi connectivity index (χ2n) is 12.1. The van der Waals surface area contributed by atoms with Crippen LogP contribution >= 0.6 is 0 Å². The molecule has 1 unspecified atom stereocenters. The summed E-state index contributed by atoms with van der Waals surface area (Å²) >= 11 is 0. The van der Waals surface area contributed by atoms with E-state index < -0.39 is 58.2 Å². The van der Waals surface area contributed by atoms with Gasteiger partial charge < -0.3 is 15.0 Å². The fourth-order valence-corrected chi connectivity index (χ4v) is 6.40. The van der Waals surface area contributed by atoms with Crippen LogP contribution in [0.5, 0.6) is 0 Å². The number of nitrogens with one attached hydrogen (secondary N) is 1. The van der Waals surface area contributed by atoms with Crippen LogP contribution < -0.4 is 5.32 Å². The molecular formula is C36H38F6N2O4. The number of ether oxygens (including phenoxy) is 1. The molecule has 1 atom stereocenters. The number of benzene rings is 3. The van der Waals surface area contributed by atoms with Crippen LogP contribution in [0.2, 0.25) is 0 Å². The van der Waals surface area contributed by atoms with E-state index in [0.29, 0.717) is 25.0 Å². The zero-order chi connectivity index (χ0) is 35.1. The first-order chi connectivity index (χ1) is 22.7. The smallest absolute Gasteiger partial charge is 0.416 e. The summed E-state index contributed by atoms with van der Waals surface area (Å²) in [6, 6.07) is 17.8. The highest BCUT2D eigenvalue weighted by Crippen LogP contribution is 2.40. The molecule has 1 saturated carbocycles. The van der Waals surface area contributed by atoms with E-state index in [1.54, 1.807) is 67.6 Å². The SMILES string of the molecule is CCOC(=O)C1(CNC(=O)CCC(C(c2ccccc2)c2ccccc2)N(C)C(=O)c2cc(C(F)(F)F)cc(C(F)(F)F)c2)CCCC1. The van der Waals surface area contributed by atoms with Crippen LogP contribution in [0.15, 0.2) is 78.9 Å². The molecule has 6 nitrogen and oxygen atoms in total. The number of hydrogen-bond donors (Lipinski definition) is 1. The van der Waals surface area contributed by atoms with Gasteiger partial charge in [0.1, 0.15) is 0 Å². The van der Waals surface area contributed by atoms with Gasteiger partial charge in [-0.2, -0.15) is 26.3 Å². The number of nitrogens with zero attached hydrogens (tertiary/aromatic N) is 1. The van der Waals surface area contributed by atoms with E-state index in [0.717, 1.165) is 28.9 Å². The molecule has 0 heterocycles. The zero-order valence-corrected chi connectivity index (χ0v) is 26.7. The van der Waals surface area contributed by atoms with Crippen LogP contribution in [0.3, 0.4) is 0 Å². The highest BCUT2D eigenvalue weighted by molar-refractivity contribution is 5.95. The van der Waals surface area contributed by atoms with Crippen molar-refractivity contribution in [1.29, 1.82) is 0 Å². The zero-order valence-electron chi connectivity index (χ0n) is 26.7. The molecule has 3 aromatic rings. The minimum Gasteiger partial charge on any atom is -0.466 e. The van der Waals surface area contributed by atoms with Gasteiger partial charge in [0, 0.05) is 37.5 Å². The topological polar surface area (TPSA) is 75.7 Å². The molecule has 0 radical (unpaired) electrons. The number of carbonyl (C=O) groups is 3. The van der Waals surface area contributed by atoms with Crippen molar-refractivity contribution in [3.63, 3.8) is 0 Å². The Hall–Kier alpha value is -4.35. The van der Waals surface area contributed by atoms with Crippen LogP contribution in [-0.4, -0.2) is 48.9 Å². The molecule has 0 aromatic heterocycles. The molecule has 48 heavy (non-hydrogen) atoms. The Balaban J connectivity index is 1.69. The molecule has 258 valence electrons. The average Bonchev–Trinajstić information content (AvgIpc) is 3.55. The van der Waals surface area contributed by atoms with Crippen molar-refractivity contribution in [2.24, 2.45) is 5.41 Å². The highest BCUT2D eigenvalue weighted by Gasteiger charge is 2.43. The third-order valence-corrected chi connectivity index (χ3v) is 8.91. The predicted molar refractivity (Wildman–Crippen MR) is 167 cm³/mol. The van der Waals surface area contributed by atoms with Gasteiger partial charge in [0.15, 0.2) is 0 Å². The summed E-state index contributed by atoms with van der Waals surface area (Å²) in [6.07, 6.45) is -7.67. The van der Waals surface area contributed by atoms with Gasteiger partial charge >= 0.3 is 18.3 Å². The summed E-state index contributed by atoms with van der Waals surface area (Å²) < 4.78 is 87.3. The van der Waals surface area contributed by atoms with E-state index in [2.05, 4.69) is 5.32 Å². The maximum Gasteiger partial charge on any atom is 0.416 e. The number of alkyl halides is 6. The lowest BCUT2D eigenvalue weighted by atomic mass is 9.82. The number of esters is 1. The second kappa shape index (κ2) is 15.3. The van der Waals surface area contributed by atoms with Gasteiger partial charge in [0.05, 0.1) is 23.1 Å². The number of amides is 2. The lowest BCUT2D eigenvalue weighted by Crippen LogP contribution is -2.44. The molecule has 12 heteroatoms. The number of likely N-dealkylation sites (N-methyl/N-ethyl adjacent to an activating group) is 1. The Morgan fingerprint density at radius 2 is 1.33 bits per heavy atom. The summed E-state index contributed by atoms with van der Waals surface area (Å²) in [5, 5.41) is 2.83. The predicted octanol–water partition coefficient (Wildman–Crippen LogP) is 8.02. The molecule has 4 rings (SSSR count). The number of hydrogen-bond acceptors (Lipinski definition) is 4. The van der Waals surface area contributed by atoms with E-state index in [4.69, 9.17) is 4.74 Å². The van der Waals surface area contributed by atoms with E-state index in [1.807, 2.05) is 0 Å². The van der Waals surface area contributed by atoms with Crippen LogP contribution in [0.25, 0.3) is 0 Å². The number of halogens is 6. The minimum absolute atomic E-state index is 0.0000243. The maximum absolute atomic E-state index is 13.9. The van der Waals surface area contributed by atoms with Crippen LogP contribution in [0.4, 0.5) is 26.3 Å². The first-order valence-corrected chi connectivity index (χ1v) is 15.8. The lowest BCUT2D eigenvalue weighted by molar-refractivity contribution is -0.155. The normalized spacial score (nSPS) is 15.2. The Kier molecular flexibility index (Phi) is 11.6. The standard InChI is InChI=1S/C36H38F6N2O4/c1-3-48-33(47)34(18-10-11-19-34)23-43-30(45)17-16-29(31(24-12-6-4-7-13-24)25-14-8-5-9-15-25)44(2)32(46)26-20-27(35(37,38)39)22-28(21-26)36(40,41)42/h4-9,12-15,20-22,29,31H,3,10-11,16-19,23H2,1-2H3,(H,43,45). The first kappa shape index (κ1) is 36.5. The third kappa shape index (κ3) is 8.76. The van der Waals surface area contributed by atoms with Crippen molar-refractivity contribution in [3.8, 4) is 0 Å². The molecule has 1 N–H and O–H groups in total. The molecular weight excluding hydrogens is 638 g/mol. The van der Waals surface area contributed by atoms with Gasteiger partial charge in [-0.15, -0.1) is 0 Å². The number of carbonyl (C=O) groups excluding carboxylic acids is 3. The van der Waals surface area contributed by atoms with Crippen molar-refractivity contribution in [3.05, 3.63) is 107 Å². The fourth-order valence-electron chi connectivity index (χ4n) is 6.40. The molecule has 0 aliphatic heterocycles. The van der Waals surface area contributed by atoms with Crippen LogP contribution in [0, 0.1) is 5.41 Å². The summed E-state index contributed by atoms with van der Waals surface area (Å²) in [6.45, 7) is 1.97. The Labute approximate surface area is 275 Å². The summed E-state index contributed by atoms with van der Waals surface area (Å²) in [4.78, 5) is 41.0. The van der Waals surface area contributed by atoms with Crippen molar-refractivity contribution in [2.45, 2.75) is 69.8 Å². The van der Waals surface area contributed by atoms with E-state index >= 15 is 0 Å². The summed E-state index contributed by atoms with van der Waals surface area (Å²) in [5.74, 6) is -2.47. The third-order valence-electron chi connectivity index (χ3n) is 8.91. The Bertz CT molecular complexity index is 1480. The first-order valence-electron chi connectivity index (χ1n) is 15.8. The molecule has 1 fully saturated rings. The van der Waals surface area contributed by atoms with E-state index in [9.17, 15) is 40.7 Å². The molecule has 2 amide bonds. The van der Waals surface area contributed by atoms with Gasteiger partial charge in [-0.05, 0) is 55.5 Å². The van der Waals surface area contributed by atoms with Crippen molar-refractivity contribution >= 4 is 17.8 Å². The largest absolute Gasteiger partial charge is 0.466 e. The average molecular weight is 677 g/mol. The van der Waals surface area contributed by atoms with Gasteiger partial charge in [0.25, 0.3) is 5.91 Å². The molecule has 1 aliphatic carbocycles. The molecule has 1 aliphatic rings.